The van der Waals surface area contributed by atoms with Crippen LogP contribution in [0.2, 0.25) is 0 Å². The van der Waals surface area contributed by atoms with Gasteiger partial charge in [-0.2, -0.15) is 0 Å². The summed E-state index contributed by atoms with van der Waals surface area (Å²) in [7, 11) is 0. The number of hydrogen-bond acceptors (Lipinski definition) is 1. The lowest BCUT2D eigenvalue weighted by Gasteiger charge is -2.48. The Balaban J connectivity index is 4.92. The molecule has 0 spiro atoms. The molecule has 0 aliphatic carbocycles. The first-order valence-electron chi connectivity index (χ1n) is 6.34. The third-order valence-corrected chi connectivity index (χ3v) is 4.40. The van der Waals surface area contributed by atoms with Crippen molar-refractivity contribution in [3.8, 4) is 0 Å². The minimum Gasteiger partial charge on any atom is -0.325 e. The molecule has 14 heavy (non-hydrogen) atoms. The van der Waals surface area contributed by atoms with Crippen LogP contribution in [0.3, 0.4) is 0 Å². The molecule has 0 saturated heterocycles. The van der Waals surface area contributed by atoms with Gasteiger partial charge in [-0.3, -0.25) is 0 Å². The van der Waals surface area contributed by atoms with Crippen molar-refractivity contribution in [3.05, 3.63) is 0 Å². The first-order chi connectivity index (χ1) is 6.55. The van der Waals surface area contributed by atoms with E-state index >= 15 is 0 Å². The molecule has 0 heterocycles. The SMILES string of the molecule is CCCC(CC)(CC)C(N)(CC)CC. The molecule has 0 aliphatic heterocycles. The standard InChI is InChI=1S/C13H29N/c1-6-11-12(7-2,8-3)13(14,9-4)10-5/h6-11,14H2,1-5H3. The summed E-state index contributed by atoms with van der Waals surface area (Å²) in [4.78, 5) is 0. The van der Waals surface area contributed by atoms with Gasteiger partial charge in [0.15, 0.2) is 0 Å². The Labute approximate surface area is 90.5 Å². The minimum absolute atomic E-state index is 0.0481. The fourth-order valence-electron chi connectivity index (χ4n) is 3.04. The van der Waals surface area contributed by atoms with Crippen LogP contribution in [0, 0.1) is 5.41 Å². The van der Waals surface area contributed by atoms with Gasteiger partial charge in [0.05, 0.1) is 0 Å². The summed E-state index contributed by atoms with van der Waals surface area (Å²) in [5.74, 6) is 0. The average Bonchev–Trinajstić information content (AvgIpc) is 2.24. The maximum Gasteiger partial charge on any atom is 0.0205 e. The van der Waals surface area contributed by atoms with E-state index in [2.05, 4.69) is 34.6 Å². The Morgan fingerprint density at radius 3 is 1.43 bits per heavy atom. The van der Waals surface area contributed by atoms with Crippen LogP contribution in [0.1, 0.15) is 73.1 Å². The summed E-state index contributed by atoms with van der Waals surface area (Å²) in [5.41, 5.74) is 7.00. The van der Waals surface area contributed by atoms with Crippen LogP contribution in [-0.4, -0.2) is 5.54 Å². The number of hydrogen-bond donors (Lipinski definition) is 1. The zero-order valence-corrected chi connectivity index (χ0v) is 10.8. The van der Waals surface area contributed by atoms with Crippen molar-refractivity contribution in [2.75, 3.05) is 0 Å². The van der Waals surface area contributed by atoms with Gasteiger partial charge in [-0.15, -0.1) is 0 Å². The van der Waals surface area contributed by atoms with Gasteiger partial charge in [-0.05, 0) is 37.5 Å². The van der Waals surface area contributed by atoms with Gasteiger partial charge in [0.25, 0.3) is 0 Å². The molecule has 0 radical (unpaired) electrons. The van der Waals surface area contributed by atoms with E-state index in [-0.39, 0.29) is 5.54 Å². The van der Waals surface area contributed by atoms with Crippen LogP contribution < -0.4 is 5.73 Å². The van der Waals surface area contributed by atoms with E-state index in [1.165, 1.54) is 25.7 Å². The van der Waals surface area contributed by atoms with Crippen LogP contribution in [0.4, 0.5) is 0 Å². The molecule has 0 bridgehead atoms. The molecule has 2 N–H and O–H groups in total. The van der Waals surface area contributed by atoms with Crippen LogP contribution in [-0.2, 0) is 0 Å². The van der Waals surface area contributed by atoms with E-state index in [9.17, 15) is 0 Å². The molecule has 0 atom stereocenters. The van der Waals surface area contributed by atoms with Gasteiger partial charge in [0.2, 0.25) is 0 Å². The van der Waals surface area contributed by atoms with Crippen molar-refractivity contribution in [3.63, 3.8) is 0 Å². The molecular formula is C13H29N. The summed E-state index contributed by atoms with van der Waals surface area (Å²) in [6.45, 7) is 11.3. The van der Waals surface area contributed by atoms with Crippen LogP contribution in [0.15, 0.2) is 0 Å². The van der Waals surface area contributed by atoms with Gasteiger partial charge in [0.1, 0.15) is 0 Å². The highest BCUT2D eigenvalue weighted by Crippen LogP contribution is 2.44. The van der Waals surface area contributed by atoms with E-state index in [0.29, 0.717) is 5.41 Å². The Hall–Kier alpha value is -0.0400. The molecule has 0 aromatic heterocycles. The first kappa shape index (κ1) is 14.0. The predicted octanol–water partition coefficient (Wildman–Crippen LogP) is 4.11. The van der Waals surface area contributed by atoms with Crippen molar-refractivity contribution in [1.82, 2.24) is 0 Å². The summed E-state index contributed by atoms with van der Waals surface area (Å²) < 4.78 is 0. The van der Waals surface area contributed by atoms with Gasteiger partial charge < -0.3 is 5.73 Å². The van der Waals surface area contributed by atoms with Crippen molar-refractivity contribution in [1.29, 1.82) is 0 Å². The van der Waals surface area contributed by atoms with Crippen LogP contribution >= 0.6 is 0 Å². The molecule has 0 aliphatic rings. The molecule has 0 aromatic carbocycles. The number of rotatable bonds is 7. The molecular weight excluding hydrogens is 170 g/mol. The van der Waals surface area contributed by atoms with Gasteiger partial charge in [0, 0.05) is 5.54 Å². The first-order valence-corrected chi connectivity index (χ1v) is 6.34. The van der Waals surface area contributed by atoms with E-state index in [1.54, 1.807) is 0 Å². The molecule has 0 rings (SSSR count). The van der Waals surface area contributed by atoms with Gasteiger partial charge in [-0.25, -0.2) is 0 Å². The second-order valence-electron chi connectivity index (χ2n) is 4.60. The summed E-state index contributed by atoms with van der Waals surface area (Å²) in [6, 6.07) is 0. The zero-order valence-electron chi connectivity index (χ0n) is 10.8. The maximum absolute atomic E-state index is 6.58. The van der Waals surface area contributed by atoms with Crippen molar-refractivity contribution < 1.29 is 0 Å². The molecule has 0 aromatic rings. The van der Waals surface area contributed by atoms with Crippen LogP contribution in [0.5, 0.6) is 0 Å². The van der Waals surface area contributed by atoms with Gasteiger partial charge >= 0.3 is 0 Å². The third-order valence-electron chi connectivity index (χ3n) is 4.40. The molecule has 0 unspecified atom stereocenters. The number of nitrogens with two attached hydrogens (primary N) is 1. The Morgan fingerprint density at radius 2 is 1.21 bits per heavy atom. The zero-order chi connectivity index (χ0) is 11.2. The Bertz CT molecular complexity index is 143. The molecule has 1 heteroatoms. The average molecular weight is 199 g/mol. The van der Waals surface area contributed by atoms with E-state index in [4.69, 9.17) is 5.73 Å². The molecule has 86 valence electrons. The van der Waals surface area contributed by atoms with E-state index < -0.39 is 0 Å². The third kappa shape index (κ3) is 2.31. The lowest BCUT2D eigenvalue weighted by Crippen LogP contribution is -2.54. The van der Waals surface area contributed by atoms with Gasteiger partial charge in [-0.1, -0.05) is 41.0 Å². The van der Waals surface area contributed by atoms with Crippen LogP contribution in [0.25, 0.3) is 0 Å². The topological polar surface area (TPSA) is 26.0 Å². The Morgan fingerprint density at radius 1 is 0.786 bits per heavy atom. The fraction of sp³-hybridized carbons (Fsp3) is 1.00. The monoisotopic (exact) mass is 199 g/mol. The normalized spacial score (nSPS) is 13.3. The largest absolute Gasteiger partial charge is 0.325 e. The van der Waals surface area contributed by atoms with E-state index in [0.717, 1.165) is 12.8 Å². The summed E-state index contributed by atoms with van der Waals surface area (Å²) in [5, 5.41) is 0. The summed E-state index contributed by atoms with van der Waals surface area (Å²) in [6.07, 6.45) is 7.17. The lowest BCUT2D eigenvalue weighted by atomic mass is 9.61. The highest BCUT2D eigenvalue weighted by atomic mass is 14.8. The van der Waals surface area contributed by atoms with Crippen molar-refractivity contribution in [2.45, 2.75) is 78.7 Å². The Kier molecular flexibility index (Phi) is 5.73. The summed E-state index contributed by atoms with van der Waals surface area (Å²) >= 11 is 0. The predicted molar refractivity (Wildman–Crippen MR) is 65.4 cm³/mol. The minimum atomic E-state index is 0.0481. The quantitative estimate of drug-likeness (QED) is 0.656. The molecule has 1 nitrogen and oxygen atoms in total. The molecule has 0 amide bonds. The molecule has 0 fully saturated rings. The lowest BCUT2D eigenvalue weighted by molar-refractivity contribution is 0.0827. The second-order valence-corrected chi connectivity index (χ2v) is 4.60. The second kappa shape index (κ2) is 5.75. The highest BCUT2D eigenvalue weighted by Gasteiger charge is 2.42. The van der Waals surface area contributed by atoms with Crippen molar-refractivity contribution in [2.24, 2.45) is 11.1 Å². The maximum atomic E-state index is 6.58. The van der Waals surface area contributed by atoms with Crippen molar-refractivity contribution >= 4 is 0 Å². The highest BCUT2D eigenvalue weighted by molar-refractivity contribution is 4.99. The smallest absolute Gasteiger partial charge is 0.0205 e. The fourth-order valence-corrected chi connectivity index (χ4v) is 3.04. The van der Waals surface area contributed by atoms with E-state index in [1.807, 2.05) is 0 Å². The molecule has 0 saturated carbocycles.